The third-order valence-electron chi connectivity index (χ3n) is 3.35. The number of rotatable bonds is 3. The van der Waals surface area contributed by atoms with Gasteiger partial charge in [-0.3, -0.25) is 0 Å². The molecule has 0 radical (unpaired) electrons. The number of tetrazole rings is 1. The van der Waals surface area contributed by atoms with Gasteiger partial charge in [-0.15, -0.1) is 10.2 Å². The van der Waals surface area contributed by atoms with E-state index in [1.54, 1.807) is 18.2 Å². The predicted molar refractivity (Wildman–Crippen MR) is 88.1 cm³/mol. The number of nitrogens with zero attached hydrogens (tertiary/aromatic N) is 3. The van der Waals surface area contributed by atoms with Crippen molar-refractivity contribution in [1.82, 2.24) is 20.6 Å². The average molecular weight is 363 g/mol. The first-order valence-corrected chi connectivity index (χ1v) is 7.21. The second kappa shape index (κ2) is 6.70. The summed E-state index contributed by atoms with van der Waals surface area (Å²) >= 11 is 0. The van der Waals surface area contributed by atoms with Crippen LogP contribution in [-0.4, -0.2) is 26.7 Å². The van der Waals surface area contributed by atoms with Crippen LogP contribution < -0.4 is 16.4 Å². The molecule has 0 aliphatic rings. The molecule has 3 aromatic rings. The number of alkyl halides is 3. The summed E-state index contributed by atoms with van der Waals surface area (Å²) in [7, 11) is 0. The first-order valence-electron chi connectivity index (χ1n) is 7.21. The second-order valence-electron chi connectivity index (χ2n) is 5.19. The lowest BCUT2D eigenvalue weighted by atomic mass is 10.1. The molecule has 3 rings (SSSR count). The van der Waals surface area contributed by atoms with E-state index in [1.807, 2.05) is 0 Å². The highest BCUT2D eigenvalue weighted by Gasteiger charge is 2.30. The Morgan fingerprint density at radius 3 is 2.42 bits per heavy atom. The Morgan fingerprint density at radius 2 is 1.81 bits per heavy atom. The summed E-state index contributed by atoms with van der Waals surface area (Å²) in [5.41, 5.74) is 6.34. The quantitative estimate of drug-likeness (QED) is 0.533. The van der Waals surface area contributed by atoms with Crippen molar-refractivity contribution in [3.63, 3.8) is 0 Å². The lowest BCUT2D eigenvalue weighted by Gasteiger charge is -2.12. The Hall–Kier alpha value is -3.63. The van der Waals surface area contributed by atoms with E-state index >= 15 is 0 Å². The zero-order chi connectivity index (χ0) is 18.7. The number of urea groups is 1. The van der Waals surface area contributed by atoms with Crippen molar-refractivity contribution in [2.45, 2.75) is 6.18 Å². The Balaban J connectivity index is 1.75. The van der Waals surface area contributed by atoms with Gasteiger partial charge in [0.25, 0.3) is 0 Å². The number of aromatic nitrogens is 4. The number of benzene rings is 2. The third-order valence-corrected chi connectivity index (χ3v) is 3.35. The van der Waals surface area contributed by atoms with Gasteiger partial charge in [-0.05, 0) is 47.7 Å². The monoisotopic (exact) mass is 363 g/mol. The van der Waals surface area contributed by atoms with Crippen LogP contribution in [0.5, 0.6) is 0 Å². The van der Waals surface area contributed by atoms with E-state index in [-0.39, 0.29) is 11.5 Å². The molecule has 0 bridgehead atoms. The first kappa shape index (κ1) is 17.2. The molecular formula is C15H12F3N7O. The molecule has 8 nitrogen and oxygen atoms in total. The minimum atomic E-state index is -4.44. The molecule has 0 saturated carbocycles. The number of H-pyrrole nitrogens is 1. The minimum absolute atomic E-state index is 0.201. The van der Waals surface area contributed by atoms with E-state index in [9.17, 15) is 18.0 Å². The molecule has 2 aromatic carbocycles. The van der Waals surface area contributed by atoms with E-state index in [1.165, 1.54) is 0 Å². The zero-order valence-corrected chi connectivity index (χ0v) is 13.0. The number of anilines is 3. The number of aromatic amines is 1. The van der Waals surface area contributed by atoms with Crippen molar-refractivity contribution in [1.29, 1.82) is 0 Å². The van der Waals surface area contributed by atoms with Gasteiger partial charge in [0.2, 0.25) is 5.82 Å². The van der Waals surface area contributed by atoms with Crippen LogP contribution in [-0.2, 0) is 6.18 Å². The van der Waals surface area contributed by atoms with Crippen molar-refractivity contribution < 1.29 is 18.0 Å². The molecule has 0 spiro atoms. The van der Waals surface area contributed by atoms with Gasteiger partial charge in [0.15, 0.2) is 0 Å². The summed E-state index contributed by atoms with van der Waals surface area (Å²) in [6, 6.07) is 8.09. The Bertz CT molecular complexity index is 908. The smallest absolute Gasteiger partial charge is 0.399 e. The summed E-state index contributed by atoms with van der Waals surface area (Å²) in [5, 5.41) is 18.4. The van der Waals surface area contributed by atoms with Gasteiger partial charge in [-0.1, -0.05) is 0 Å². The molecule has 2 amide bonds. The number of carbonyl (C=O) groups is 1. The highest BCUT2D eigenvalue weighted by atomic mass is 19.4. The van der Waals surface area contributed by atoms with Gasteiger partial charge in [0.1, 0.15) is 0 Å². The lowest BCUT2D eigenvalue weighted by Crippen LogP contribution is -2.20. The number of hydrogen-bond acceptors (Lipinski definition) is 5. The van der Waals surface area contributed by atoms with E-state index in [2.05, 4.69) is 31.3 Å². The highest BCUT2D eigenvalue weighted by Crippen LogP contribution is 2.30. The largest absolute Gasteiger partial charge is 0.416 e. The zero-order valence-electron chi connectivity index (χ0n) is 13.0. The summed E-state index contributed by atoms with van der Waals surface area (Å²) in [6.45, 7) is 0. The SMILES string of the molecule is Nc1ccc(NC(=O)Nc2ccc(C(F)(F)F)cc2)c(-c2nn[nH]n2)c1. The topological polar surface area (TPSA) is 122 Å². The first-order chi connectivity index (χ1) is 12.3. The number of halogens is 3. The molecular weight excluding hydrogens is 351 g/mol. The Morgan fingerprint density at radius 1 is 1.08 bits per heavy atom. The molecule has 0 unspecified atom stereocenters. The Kier molecular flexibility index (Phi) is 4.43. The second-order valence-corrected chi connectivity index (χ2v) is 5.19. The van der Waals surface area contributed by atoms with Gasteiger partial charge >= 0.3 is 12.2 Å². The van der Waals surface area contributed by atoms with Crippen molar-refractivity contribution >= 4 is 23.1 Å². The number of hydrogen-bond donors (Lipinski definition) is 4. The molecule has 0 fully saturated rings. The fraction of sp³-hybridized carbons (Fsp3) is 0.0667. The molecule has 134 valence electrons. The van der Waals surface area contributed by atoms with Gasteiger partial charge < -0.3 is 16.4 Å². The van der Waals surface area contributed by atoms with Crippen LogP contribution in [0.4, 0.5) is 35.0 Å². The molecule has 11 heteroatoms. The maximum atomic E-state index is 12.6. The van der Waals surface area contributed by atoms with E-state index in [0.717, 1.165) is 24.3 Å². The molecule has 5 N–H and O–H groups in total. The number of carbonyl (C=O) groups excluding carboxylic acids is 1. The van der Waals surface area contributed by atoms with Crippen molar-refractivity contribution in [2.75, 3.05) is 16.4 Å². The normalized spacial score (nSPS) is 11.2. The van der Waals surface area contributed by atoms with Crippen LogP contribution >= 0.6 is 0 Å². The van der Waals surface area contributed by atoms with Crippen LogP contribution in [0, 0.1) is 0 Å². The predicted octanol–water partition coefficient (Wildman–Crippen LogP) is 3.11. The van der Waals surface area contributed by atoms with Gasteiger partial charge in [-0.2, -0.15) is 18.4 Å². The van der Waals surface area contributed by atoms with Gasteiger partial charge in [0.05, 0.1) is 11.3 Å². The summed E-state index contributed by atoms with van der Waals surface area (Å²) in [6.07, 6.45) is -4.44. The van der Waals surface area contributed by atoms with E-state index in [4.69, 9.17) is 5.73 Å². The minimum Gasteiger partial charge on any atom is -0.399 e. The molecule has 0 saturated heterocycles. The van der Waals surface area contributed by atoms with Crippen LogP contribution in [0.25, 0.3) is 11.4 Å². The van der Waals surface area contributed by atoms with E-state index in [0.29, 0.717) is 16.9 Å². The molecule has 0 aliphatic heterocycles. The van der Waals surface area contributed by atoms with Crippen LogP contribution in [0.15, 0.2) is 42.5 Å². The van der Waals surface area contributed by atoms with Crippen molar-refractivity contribution in [2.24, 2.45) is 0 Å². The molecule has 26 heavy (non-hydrogen) atoms. The average Bonchev–Trinajstić information content (AvgIpc) is 3.10. The maximum absolute atomic E-state index is 12.6. The summed E-state index contributed by atoms with van der Waals surface area (Å²) in [4.78, 5) is 12.1. The number of nitrogens with one attached hydrogen (secondary N) is 3. The van der Waals surface area contributed by atoms with Gasteiger partial charge in [-0.25, -0.2) is 4.79 Å². The number of nitrogen functional groups attached to an aromatic ring is 1. The van der Waals surface area contributed by atoms with Crippen LogP contribution in [0.1, 0.15) is 5.56 Å². The van der Waals surface area contributed by atoms with Crippen molar-refractivity contribution in [3.05, 3.63) is 48.0 Å². The lowest BCUT2D eigenvalue weighted by molar-refractivity contribution is -0.137. The molecule has 0 aliphatic carbocycles. The Labute approximate surface area is 144 Å². The van der Waals surface area contributed by atoms with Crippen LogP contribution in [0.2, 0.25) is 0 Å². The third kappa shape index (κ3) is 3.88. The molecule has 1 aromatic heterocycles. The van der Waals surface area contributed by atoms with Crippen molar-refractivity contribution in [3.8, 4) is 11.4 Å². The number of nitrogens with two attached hydrogens (primary N) is 1. The van der Waals surface area contributed by atoms with E-state index < -0.39 is 17.8 Å². The fourth-order valence-corrected chi connectivity index (χ4v) is 2.16. The number of amides is 2. The summed E-state index contributed by atoms with van der Waals surface area (Å²) in [5.74, 6) is 0.224. The summed E-state index contributed by atoms with van der Waals surface area (Å²) < 4.78 is 37.7. The standard InChI is InChI=1S/C15H12F3N7O/c16-15(17,18)8-1-4-10(5-2-8)20-14(26)21-12-6-3-9(19)7-11(12)13-22-24-25-23-13/h1-7H,19H2,(H2,20,21,26)(H,22,23,24,25). The van der Waals surface area contributed by atoms with Crippen LogP contribution in [0.3, 0.4) is 0 Å². The van der Waals surface area contributed by atoms with Gasteiger partial charge in [0, 0.05) is 16.9 Å². The highest BCUT2D eigenvalue weighted by molar-refractivity contribution is 6.02. The molecule has 1 heterocycles. The fourth-order valence-electron chi connectivity index (χ4n) is 2.16. The maximum Gasteiger partial charge on any atom is 0.416 e. The molecule has 0 atom stereocenters.